The molecule has 1 atom stereocenters. The third kappa shape index (κ3) is 3.77. The number of pyridine rings is 1. The fraction of sp³-hybridized carbons (Fsp3) is 0.263. The Bertz CT molecular complexity index is 896. The van der Waals surface area contributed by atoms with Crippen molar-refractivity contribution in [2.45, 2.75) is 30.5 Å². The monoisotopic (exact) mass is 365 g/mol. The molecule has 0 bridgehead atoms. The van der Waals surface area contributed by atoms with Crippen LogP contribution in [0.5, 0.6) is 0 Å². The minimum absolute atomic E-state index is 0.00645. The van der Waals surface area contributed by atoms with Gasteiger partial charge in [-0.2, -0.15) is 0 Å². The fourth-order valence-corrected chi connectivity index (χ4v) is 3.83. The van der Waals surface area contributed by atoms with E-state index < -0.39 is 0 Å². The molecule has 0 fully saturated rings. The summed E-state index contributed by atoms with van der Waals surface area (Å²) in [5.41, 5.74) is 3.50. The minimum atomic E-state index is 0.00645. The smallest absolute Gasteiger partial charge is 0.230 e. The highest BCUT2D eigenvalue weighted by molar-refractivity contribution is 7.99. The summed E-state index contributed by atoms with van der Waals surface area (Å²) in [5, 5.41) is 10.8. The largest absolute Gasteiger partial charge is 0.349 e. The Hall–Kier alpha value is -2.67. The summed E-state index contributed by atoms with van der Waals surface area (Å²) >= 11 is 1.33. The van der Waals surface area contributed by atoms with E-state index in [0.29, 0.717) is 16.7 Å². The molecule has 0 spiro atoms. The van der Waals surface area contributed by atoms with E-state index in [1.807, 2.05) is 18.2 Å². The van der Waals surface area contributed by atoms with E-state index in [-0.39, 0.29) is 11.9 Å². The highest BCUT2D eigenvalue weighted by Crippen LogP contribution is 2.29. The van der Waals surface area contributed by atoms with Gasteiger partial charge in [-0.1, -0.05) is 36.0 Å². The zero-order valence-electron chi connectivity index (χ0n) is 14.2. The molecule has 132 valence electrons. The molecule has 2 N–H and O–H groups in total. The first-order valence-electron chi connectivity index (χ1n) is 8.62. The standard InChI is InChI=1S/C19H19N5OS/c25-17(21-16-7-3-5-13-4-1-2-6-15(13)16)12-26-19-22-18(23-24-19)14-8-10-20-11-9-14/h1-2,4,6,8-11,16H,3,5,7,12H2,(H,21,25)(H,22,23,24)/t16-/m1/s1. The number of nitrogens with one attached hydrogen (secondary N) is 2. The van der Waals surface area contributed by atoms with E-state index in [1.54, 1.807) is 12.4 Å². The molecule has 1 amide bonds. The maximum atomic E-state index is 12.4. The fourth-order valence-electron chi connectivity index (χ4n) is 3.22. The number of thioether (sulfide) groups is 1. The Labute approximate surface area is 155 Å². The highest BCUT2D eigenvalue weighted by Gasteiger charge is 2.21. The second kappa shape index (κ2) is 7.70. The molecule has 1 aromatic carbocycles. The number of benzene rings is 1. The second-order valence-electron chi connectivity index (χ2n) is 6.20. The van der Waals surface area contributed by atoms with Crippen LogP contribution in [0, 0.1) is 0 Å². The van der Waals surface area contributed by atoms with Crippen molar-refractivity contribution in [2.75, 3.05) is 5.75 Å². The first-order valence-corrected chi connectivity index (χ1v) is 9.61. The lowest BCUT2D eigenvalue weighted by Gasteiger charge is -2.26. The van der Waals surface area contributed by atoms with Crippen LogP contribution in [0.3, 0.4) is 0 Å². The van der Waals surface area contributed by atoms with Crippen molar-refractivity contribution >= 4 is 17.7 Å². The number of nitrogens with zero attached hydrogens (tertiary/aromatic N) is 3. The Kier molecular flexibility index (Phi) is 4.97. The van der Waals surface area contributed by atoms with E-state index in [1.165, 1.54) is 22.9 Å². The summed E-state index contributed by atoms with van der Waals surface area (Å²) < 4.78 is 0. The molecule has 0 radical (unpaired) electrons. The topological polar surface area (TPSA) is 83.6 Å². The van der Waals surface area contributed by atoms with E-state index in [9.17, 15) is 4.79 Å². The van der Waals surface area contributed by atoms with Crippen LogP contribution in [0.2, 0.25) is 0 Å². The van der Waals surface area contributed by atoms with Gasteiger partial charge >= 0.3 is 0 Å². The van der Waals surface area contributed by atoms with Gasteiger partial charge in [-0.15, -0.1) is 5.10 Å². The third-order valence-corrected chi connectivity index (χ3v) is 5.30. The van der Waals surface area contributed by atoms with Crippen LogP contribution in [0.15, 0.2) is 53.9 Å². The van der Waals surface area contributed by atoms with Gasteiger partial charge < -0.3 is 5.32 Å². The van der Waals surface area contributed by atoms with E-state index in [0.717, 1.165) is 24.8 Å². The normalized spacial score (nSPS) is 16.1. The van der Waals surface area contributed by atoms with Crippen molar-refractivity contribution in [1.29, 1.82) is 0 Å². The van der Waals surface area contributed by atoms with Gasteiger partial charge in [0.05, 0.1) is 11.8 Å². The lowest BCUT2D eigenvalue weighted by molar-refractivity contribution is -0.119. The summed E-state index contributed by atoms with van der Waals surface area (Å²) in [6, 6.07) is 12.2. The third-order valence-electron chi connectivity index (χ3n) is 4.46. The van der Waals surface area contributed by atoms with Crippen molar-refractivity contribution in [1.82, 2.24) is 25.5 Å². The quantitative estimate of drug-likeness (QED) is 0.679. The first-order chi connectivity index (χ1) is 12.8. The maximum Gasteiger partial charge on any atom is 0.230 e. The molecule has 0 aliphatic heterocycles. The lowest BCUT2D eigenvalue weighted by Crippen LogP contribution is -2.32. The minimum Gasteiger partial charge on any atom is -0.349 e. The van der Waals surface area contributed by atoms with Crippen molar-refractivity contribution in [2.24, 2.45) is 0 Å². The molecular formula is C19H19N5OS. The molecule has 7 heteroatoms. The number of rotatable bonds is 5. The summed E-state index contributed by atoms with van der Waals surface area (Å²) in [7, 11) is 0. The predicted molar refractivity (Wildman–Crippen MR) is 101 cm³/mol. The highest BCUT2D eigenvalue weighted by atomic mass is 32.2. The number of fused-ring (bicyclic) bond motifs is 1. The Morgan fingerprint density at radius 2 is 2.08 bits per heavy atom. The number of amides is 1. The van der Waals surface area contributed by atoms with Crippen LogP contribution < -0.4 is 5.32 Å². The molecule has 1 aliphatic carbocycles. The average Bonchev–Trinajstić information content (AvgIpc) is 3.17. The van der Waals surface area contributed by atoms with Crippen LogP contribution in [-0.2, 0) is 11.2 Å². The molecule has 6 nitrogen and oxygen atoms in total. The van der Waals surface area contributed by atoms with Crippen LogP contribution in [0.1, 0.15) is 30.0 Å². The zero-order chi connectivity index (χ0) is 17.8. The Morgan fingerprint density at radius 1 is 1.23 bits per heavy atom. The van der Waals surface area contributed by atoms with Gasteiger partial charge in [-0.3, -0.25) is 14.9 Å². The van der Waals surface area contributed by atoms with Gasteiger partial charge in [-0.25, -0.2) is 4.98 Å². The van der Waals surface area contributed by atoms with Crippen LogP contribution in [0.4, 0.5) is 0 Å². The van der Waals surface area contributed by atoms with Crippen LogP contribution in [0.25, 0.3) is 11.4 Å². The summed E-state index contributed by atoms with van der Waals surface area (Å²) in [6.45, 7) is 0. The molecule has 3 aromatic rings. The molecule has 0 saturated heterocycles. The summed E-state index contributed by atoms with van der Waals surface area (Å²) in [6.07, 6.45) is 6.60. The van der Waals surface area contributed by atoms with Crippen LogP contribution >= 0.6 is 11.8 Å². The number of carbonyl (C=O) groups excluding carboxylic acids is 1. The van der Waals surface area contributed by atoms with Gasteiger partial charge in [0, 0.05) is 18.0 Å². The maximum absolute atomic E-state index is 12.4. The summed E-state index contributed by atoms with van der Waals surface area (Å²) in [5.74, 6) is 0.982. The van der Waals surface area contributed by atoms with Gasteiger partial charge in [0.25, 0.3) is 0 Å². The molecular weight excluding hydrogens is 346 g/mol. The van der Waals surface area contributed by atoms with Gasteiger partial charge in [-0.05, 0) is 42.5 Å². The first kappa shape index (κ1) is 16.8. The lowest BCUT2D eigenvalue weighted by atomic mass is 9.88. The van der Waals surface area contributed by atoms with Crippen LogP contribution in [-0.4, -0.2) is 31.8 Å². The predicted octanol–water partition coefficient (Wildman–Crippen LogP) is 3.15. The van der Waals surface area contributed by atoms with Crippen molar-refractivity contribution in [3.63, 3.8) is 0 Å². The van der Waals surface area contributed by atoms with E-state index in [4.69, 9.17) is 0 Å². The van der Waals surface area contributed by atoms with Crippen molar-refractivity contribution in [3.05, 3.63) is 59.9 Å². The van der Waals surface area contributed by atoms with Crippen molar-refractivity contribution < 1.29 is 4.79 Å². The number of aryl methyl sites for hydroxylation is 1. The SMILES string of the molecule is O=C(CSc1n[nH]c(-c2ccncc2)n1)N[C@@H]1CCCc2ccccc21. The van der Waals surface area contributed by atoms with Gasteiger partial charge in [0.2, 0.25) is 11.1 Å². The number of aromatic nitrogens is 4. The molecule has 0 saturated carbocycles. The molecule has 26 heavy (non-hydrogen) atoms. The number of hydrogen-bond donors (Lipinski definition) is 2. The molecule has 1 aliphatic rings. The zero-order valence-corrected chi connectivity index (χ0v) is 15.0. The number of H-pyrrole nitrogens is 1. The van der Waals surface area contributed by atoms with Gasteiger partial charge in [0.1, 0.15) is 0 Å². The number of hydrogen-bond acceptors (Lipinski definition) is 5. The van der Waals surface area contributed by atoms with Gasteiger partial charge in [0.15, 0.2) is 5.82 Å². The average molecular weight is 365 g/mol. The Morgan fingerprint density at radius 3 is 2.96 bits per heavy atom. The van der Waals surface area contributed by atoms with E-state index >= 15 is 0 Å². The molecule has 4 rings (SSSR count). The molecule has 2 aromatic heterocycles. The number of aromatic amines is 1. The van der Waals surface area contributed by atoms with Crippen molar-refractivity contribution in [3.8, 4) is 11.4 Å². The number of carbonyl (C=O) groups is 1. The second-order valence-corrected chi connectivity index (χ2v) is 7.14. The molecule has 2 heterocycles. The Balaban J connectivity index is 1.35. The summed E-state index contributed by atoms with van der Waals surface area (Å²) in [4.78, 5) is 20.8. The van der Waals surface area contributed by atoms with E-state index in [2.05, 4.69) is 43.7 Å². The molecule has 0 unspecified atom stereocenters.